The fourth-order valence-electron chi connectivity index (χ4n) is 3.33. The van der Waals surface area contributed by atoms with Gasteiger partial charge in [0.1, 0.15) is 12.2 Å². The Hall–Kier alpha value is -2.12. The first kappa shape index (κ1) is 25.1. The minimum atomic E-state index is 0.237. The number of aryl methyl sites for hydroxylation is 3. The summed E-state index contributed by atoms with van der Waals surface area (Å²) in [5.74, 6) is 0.237. The molecule has 0 unspecified atom stereocenters. The molecule has 3 N–H and O–H groups in total. The molecule has 1 aromatic rings. The van der Waals surface area contributed by atoms with Gasteiger partial charge in [-0.3, -0.25) is 4.99 Å². The van der Waals surface area contributed by atoms with Crippen molar-refractivity contribution >= 4 is 29.6 Å². The number of thioether (sulfide) groups is 1. The Morgan fingerprint density at radius 3 is 2.65 bits per heavy atom. The fraction of sp³-hybridized carbons (Fsp3) is 0.542. The van der Waals surface area contributed by atoms with Crippen molar-refractivity contribution in [3.8, 4) is 0 Å². The van der Waals surface area contributed by atoms with Crippen molar-refractivity contribution in [2.45, 2.75) is 58.8 Å². The van der Waals surface area contributed by atoms with E-state index in [1.54, 1.807) is 18.1 Å². The monoisotopic (exact) mass is 442 g/mol. The summed E-state index contributed by atoms with van der Waals surface area (Å²) in [5, 5.41) is 4.47. The van der Waals surface area contributed by atoms with Crippen LogP contribution in [-0.4, -0.2) is 48.9 Å². The van der Waals surface area contributed by atoms with E-state index < -0.39 is 0 Å². The van der Waals surface area contributed by atoms with Gasteiger partial charge in [0.05, 0.1) is 6.34 Å². The quantitative estimate of drug-likeness (QED) is 0.257. The molecule has 2 rings (SSSR count). The molecule has 0 heterocycles. The summed E-state index contributed by atoms with van der Waals surface area (Å²) in [6.07, 6.45) is 6.82. The van der Waals surface area contributed by atoms with Gasteiger partial charge in [-0.25, -0.2) is 9.98 Å². The SMILES string of the molecule is C=C(N)/N=C\N=C\N(CCNCC(C)(C)C)/C(=N\CC)Sc1cc2c(cc1C)CCC2. The van der Waals surface area contributed by atoms with Crippen molar-refractivity contribution in [2.24, 2.45) is 26.1 Å². The first-order chi connectivity index (χ1) is 14.7. The van der Waals surface area contributed by atoms with Crippen molar-refractivity contribution in [2.75, 3.05) is 26.2 Å². The number of hydrogen-bond donors (Lipinski definition) is 2. The van der Waals surface area contributed by atoms with Gasteiger partial charge in [-0.2, -0.15) is 0 Å². The maximum absolute atomic E-state index is 5.50. The average Bonchev–Trinajstić information content (AvgIpc) is 3.12. The molecule has 6 nitrogen and oxygen atoms in total. The number of nitrogens with zero attached hydrogens (tertiary/aromatic N) is 4. The van der Waals surface area contributed by atoms with Crippen molar-refractivity contribution in [3.05, 3.63) is 41.2 Å². The Morgan fingerprint density at radius 1 is 1.29 bits per heavy atom. The van der Waals surface area contributed by atoms with E-state index in [9.17, 15) is 0 Å². The molecule has 1 aliphatic rings. The van der Waals surface area contributed by atoms with Crippen LogP contribution in [0.1, 0.15) is 50.8 Å². The van der Waals surface area contributed by atoms with Gasteiger partial charge in [-0.05, 0) is 61.3 Å². The van der Waals surface area contributed by atoms with Crippen molar-refractivity contribution in [3.63, 3.8) is 0 Å². The van der Waals surface area contributed by atoms with Crippen LogP contribution in [0, 0.1) is 12.3 Å². The highest BCUT2D eigenvalue weighted by atomic mass is 32.2. The van der Waals surface area contributed by atoms with Crippen LogP contribution in [0.15, 0.2) is 44.4 Å². The predicted octanol–water partition coefficient (Wildman–Crippen LogP) is 4.38. The van der Waals surface area contributed by atoms with E-state index in [2.05, 4.69) is 73.5 Å². The average molecular weight is 443 g/mol. The minimum Gasteiger partial charge on any atom is -0.384 e. The number of aliphatic imine (C=N–C) groups is 3. The summed E-state index contributed by atoms with van der Waals surface area (Å²) >= 11 is 1.71. The maximum Gasteiger partial charge on any atom is 0.169 e. The van der Waals surface area contributed by atoms with Gasteiger partial charge in [0.2, 0.25) is 0 Å². The molecule has 0 saturated heterocycles. The van der Waals surface area contributed by atoms with E-state index in [1.807, 2.05) is 0 Å². The zero-order valence-corrected chi connectivity index (χ0v) is 20.6. The summed E-state index contributed by atoms with van der Waals surface area (Å²) in [4.78, 5) is 16.4. The molecule has 0 aromatic heterocycles. The normalized spacial score (nSPS) is 14.5. The summed E-state index contributed by atoms with van der Waals surface area (Å²) in [6.45, 7) is 17.7. The van der Waals surface area contributed by atoms with E-state index in [0.717, 1.165) is 24.8 Å². The van der Waals surface area contributed by atoms with Crippen LogP contribution in [0.3, 0.4) is 0 Å². The van der Waals surface area contributed by atoms with Crippen molar-refractivity contribution in [1.82, 2.24) is 10.2 Å². The molecule has 0 bridgehead atoms. The third-order valence-electron chi connectivity index (χ3n) is 4.81. The van der Waals surface area contributed by atoms with Crippen LogP contribution in [0.5, 0.6) is 0 Å². The lowest BCUT2D eigenvalue weighted by Crippen LogP contribution is -2.37. The van der Waals surface area contributed by atoms with Crippen LogP contribution in [-0.2, 0) is 12.8 Å². The van der Waals surface area contributed by atoms with Crippen LogP contribution in [0.4, 0.5) is 0 Å². The largest absolute Gasteiger partial charge is 0.384 e. The first-order valence-electron chi connectivity index (χ1n) is 11.0. The second kappa shape index (κ2) is 12.1. The number of nitrogens with two attached hydrogens (primary N) is 1. The zero-order chi connectivity index (χ0) is 22.9. The van der Waals surface area contributed by atoms with Crippen LogP contribution >= 0.6 is 11.8 Å². The van der Waals surface area contributed by atoms with E-state index >= 15 is 0 Å². The smallest absolute Gasteiger partial charge is 0.169 e. The second-order valence-electron chi connectivity index (χ2n) is 9.03. The van der Waals surface area contributed by atoms with Gasteiger partial charge in [-0.15, -0.1) is 0 Å². The Labute approximate surface area is 192 Å². The molecule has 0 amide bonds. The first-order valence-corrected chi connectivity index (χ1v) is 11.8. The van der Waals surface area contributed by atoms with E-state index in [-0.39, 0.29) is 11.2 Å². The lowest BCUT2D eigenvalue weighted by molar-refractivity contribution is 0.376. The molecule has 7 heteroatoms. The molecule has 0 aliphatic heterocycles. The number of fused-ring (bicyclic) bond motifs is 1. The Bertz CT molecular complexity index is 835. The van der Waals surface area contributed by atoms with Gasteiger partial charge in [-0.1, -0.05) is 45.2 Å². The molecular formula is C24H38N6S. The molecule has 170 valence electrons. The van der Waals surface area contributed by atoms with Crippen LogP contribution in [0.2, 0.25) is 0 Å². The lowest BCUT2D eigenvalue weighted by Gasteiger charge is -2.24. The summed E-state index contributed by atoms with van der Waals surface area (Å²) in [6, 6.07) is 4.69. The highest BCUT2D eigenvalue weighted by Crippen LogP contribution is 2.32. The molecule has 0 saturated carbocycles. The van der Waals surface area contributed by atoms with Gasteiger partial charge in [0.15, 0.2) is 5.17 Å². The fourth-order valence-corrected chi connectivity index (χ4v) is 4.40. The van der Waals surface area contributed by atoms with Gasteiger partial charge in [0, 0.05) is 31.1 Å². The van der Waals surface area contributed by atoms with Crippen LogP contribution in [0.25, 0.3) is 0 Å². The predicted molar refractivity (Wildman–Crippen MR) is 136 cm³/mol. The number of amidine groups is 1. The lowest BCUT2D eigenvalue weighted by atomic mass is 9.97. The number of rotatable bonds is 9. The molecule has 0 spiro atoms. The van der Waals surface area contributed by atoms with E-state index in [4.69, 9.17) is 10.7 Å². The second-order valence-corrected chi connectivity index (χ2v) is 10.0. The molecule has 0 radical (unpaired) electrons. The van der Waals surface area contributed by atoms with Gasteiger partial charge < -0.3 is 16.0 Å². The van der Waals surface area contributed by atoms with Gasteiger partial charge in [0.25, 0.3) is 0 Å². The summed E-state index contributed by atoms with van der Waals surface area (Å²) in [7, 11) is 0. The number of nitrogens with one attached hydrogen (secondary N) is 1. The Balaban J connectivity index is 2.19. The molecule has 1 aliphatic carbocycles. The highest BCUT2D eigenvalue weighted by molar-refractivity contribution is 8.13. The molecule has 1 aromatic carbocycles. The Morgan fingerprint density at radius 2 is 2.00 bits per heavy atom. The zero-order valence-electron chi connectivity index (χ0n) is 19.7. The summed E-state index contributed by atoms with van der Waals surface area (Å²) in [5.41, 5.74) is 10.0. The third kappa shape index (κ3) is 8.87. The maximum atomic E-state index is 5.50. The Kier molecular flexibility index (Phi) is 9.78. The number of hydrogen-bond acceptors (Lipinski definition) is 5. The molecule has 31 heavy (non-hydrogen) atoms. The molecular weight excluding hydrogens is 404 g/mol. The highest BCUT2D eigenvalue weighted by Gasteiger charge is 2.17. The van der Waals surface area contributed by atoms with Crippen molar-refractivity contribution < 1.29 is 0 Å². The standard InChI is InChI=1S/C24H38N6S/c1-7-28-23(31-22-14-21-10-8-9-20(21)13-18(22)2)30(17-27-16-29-19(3)25)12-11-26-15-24(4,5)6/h13-14,16-17,26H,3,7-12,15,25H2,1-2,4-6H3/b27-17+,28-23+,29-16-. The molecule has 0 atom stereocenters. The number of benzene rings is 1. The van der Waals surface area contributed by atoms with Gasteiger partial charge >= 0.3 is 0 Å². The molecule has 0 fully saturated rings. The van der Waals surface area contributed by atoms with Crippen LogP contribution < -0.4 is 11.1 Å². The van der Waals surface area contributed by atoms with E-state index in [1.165, 1.54) is 47.2 Å². The minimum absolute atomic E-state index is 0.237. The third-order valence-corrected chi connectivity index (χ3v) is 6.02. The topological polar surface area (TPSA) is 78.4 Å². The summed E-state index contributed by atoms with van der Waals surface area (Å²) < 4.78 is 0. The van der Waals surface area contributed by atoms with Crippen molar-refractivity contribution in [1.29, 1.82) is 0 Å². The van der Waals surface area contributed by atoms with E-state index in [0.29, 0.717) is 6.54 Å².